The Morgan fingerprint density at radius 2 is 2.00 bits per heavy atom. The van der Waals surface area contributed by atoms with Crippen molar-refractivity contribution >= 4 is 6.03 Å². The molecule has 0 saturated carbocycles. The second kappa shape index (κ2) is 6.67. The minimum Gasteiger partial charge on any atom is -0.338 e. The van der Waals surface area contributed by atoms with Crippen LogP contribution in [-0.4, -0.2) is 37.1 Å². The summed E-state index contributed by atoms with van der Waals surface area (Å²) in [6.07, 6.45) is 0.970. The van der Waals surface area contributed by atoms with Crippen molar-refractivity contribution < 1.29 is 4.79 Å². The summed E-state index contributed by atoms with van der Waals surface area (Å²) in [6.45, 7) is 10.9. The number of urea groups is 1. The van der Waals surface area contributed by atoms with Crippen molar-refractivity contribution in [2.24, 2.45) is 11.1 Å². The lowest BCUT2D eigenvalue weighted by Crippen LogP contribution is -2.46. The average molecular weight is 215 g/mol. The van der Waals surface area contributed by atoms with Gasteiger partial charge in [0.25, 0.3) is 0 Å². The second-order valence-corrected chi connectivity index (χ2v) is 4.63. The number of carbonyl (C=O) groups excluding carboxylic acids is 1. The molecule has 0 rings (SSSR count). The van der Waals surface area contributed by atoms with Crippen LogP contribution in [-0.2, 0) is 0 Å². The SMILES string of the molecule is CCCN(CC(C)(C)CN)C(=O)NCC. The van der Waals surface area contributed by atoms with Crippen LogP contribution >= 0.6 is 0 Å². The first-order valence-electron chi connectivity index (χ1n) is 5.69. The Bertz CT molecular complexity index is 192. The molecule has 0 fully saturated rings. The fourth-order valence-corrected chi connectivity index (χ4v) is 1.37. The molecule has 90 valence electrons. The highest BCUT2D eigenvalue weighted by Gasteiger charge is 2.22. The van der Waals surface area contributed by atoms with Crippen LogP contribution in [0.4, 0.5) is 4.79 Å². The van der Waals surface area contributed by atoms with Crippen LogP contribution in [0.2, 0.25) is 0 Å². The molecule has 15 heavy (non-hydrogen) atoms. The number of rotatable bonds is 6. The highest BCUT2D eigenvalue weighted by molar-refractivity contribution is 5.74. The Morgan fingerprint density at radius 1 is 1.40 bits per heavy atom. The molecule has 0 saturated heterocycles. The van der Waals surface area contributed by atoms with Gasteiger partial charge in [0.05, 0.1) is 0 Å². The van der Waals surface area contributed by atoms with Crippen molar-refractivity contribution in [2.75, 3.05) is 26.2 Å². The van der Waals surface area contributed by atoms with Crippen LogP contribution in [0.5, 0.6) is 0 Å². The van der Waals surface area contributed by atoms with E-state index in [1.165, 1.54) is 0 Å². The summed E-state index contributed by atoms with van der Waals surface area (Å²) in [7, 11) is 0. The number of nitrogens with zero attached hydrogens (tertiary/aromatic N) is 1. The van der Waals surface area contributed by atoms with E-state index in [4.69, 9.17) is 5.73 Å². The summed E-state index contributed by atoms with van der Waals surface area (Å²) in [5.74, 6) is 0. The molecule has 0 atom stereocenters. The van der Waals surface area contributed by atoms with Gasteiger partial charge in [0, 0.05) is 19.6 Å². The molecule has 0 bridgehead atoms. The Balaban J connectivity index is 4.32. The zero-order valence-corrected chi connectivity index (χ0v) is 10.5. The zero-order chi connectivity index (χ0) is 11.9. The van der Waals surface area contributed by atoms with Gasteiger partial charge in [-0.15, -0.1) is 0 Å². The molecule has 2 amide bonds. The quantitative estimate of drug-likeness (QED) is 0.704. The number of nitrogens with two attached hydrogens (primary N) is 1. The predicted molar refractivity (Wildman–Crippen MR) is 63.8 cm³/mol. The molecule has 0 radical (unpaired) electrons. The van der Waals surface area contributed by atoms with E-state index in [9.17, 15) is 4.79 Å². The largest absolute Gasteiger partial charge is 0.338 e. The minimum atomic E-state index is -0.0136. The molecule has 0 aromatic carbocycles. The lowest BCUT2D eigenvalue weighted by atomic mass is 9.93. The Kier molecular flexibility index (Phi) is 6.32. The van der Waals surface area contributed by atoms with Crippen LogP contribution < -0.4 is 11.1 Å². The molecule has 0 aliphatic carbocycles. The highest BCUT2D eigenvalue weighted by Crippen LogP contribution is 2.15. The highest BCUT2D eigenvalue weighted by atomic mass is 16.2. The molecule has 0 heterocycles. The van der Waals surface area contributed by atoms with E-state index in [-0.39, 0.29) is 11.4 Å². The molecule has 0 aliphatic heterocycles. The van der Waals surface area contributed by atoms with Crippen molar-refractivity contribution in [1.29, 1.82) is 0 Å². The first-order valence-corrected chi connectivity index (χ1v) is 5.69. The molecule has 3 N–H and O–H groups in total. The fourth-order valence-electron chi connectivity index (χ4n) is 1.37. The molecule has 0 aliphatic rings. The van der Waals surface area contributed by atoms with Gasteiger partial charge in [-0.05, 0) is 25.3 Å². The van der Waals surface area contributed by atoms with E-state index in [1.807, 2.05) is 11.8 Å². The van der Waals surface area contributed by atoms with E-state index in [0.29, 0.717) is 19.6 Å². The number of carbonyl (C=O) groups is 1. The number of hydrogen-bond donors (Lipinski definition) is 2. The molecule has 4 heteroatoms. The summed E-state index contributed by atoms with van der Waals surface area (Å²) in [6, 6.07) is 0.0147. The molecule has 0 unspecified atom stereocenters. The van der Waals surface area contributed by atoms with E-state index >= 15 is 0 Å². The monoisotopic (exact) mass is 215 g/mol. The normalized spacial score (nSPS) is 11.3. The lowest BCUT2D eigenvalue weighted by molar-refractivity contribution is 0.170. The first kappa shape index (κ1) is 14.2. The number of nitrogens with one attached hydrogen (secondary N) is 1. The van der Waals surface area contributed by atoms with Gasteiger partial charge in [0.15, 0.2) is 0 Å². The van der Waals surface area contributed by atoms with Gasteiger partial charge >= 0.3 is 6.03 Å². The van der Waals surface area contributed by atoms with Gasteiger partial charge < -0.3 is 16.0 Å². The van der Waals surface area contributed by atoms with Gasteiger partial charge in [0.1, 0.15) is 0 Å². The van der Waals surface area contributed by atoms with Crippen molar-refractivity contribution in [1.82, 2.24) is 10.2 Å². The minimum absolute atomic E-state index is 0.0136. The average Bonchev–Trinajstić information content (AvgIpc) is 2.17. The Morgan fingerprint density at radius 3 is 2.40 bits per heavy atom. The lowest BCUT2D eigenvalue weighted by Gasteiger charge is -2.31. The third-order valence-corrected chi connectivity index (χ3v) is 2.28. The third-order valence-electron chi connectivity index (χ3n) is 2.28. The van der Waals surface area contributed by atoms with Crippen LogP contribution in [0.15, 0.2) is 0 Å². The fraction of sp³-hybridized carbons (Fsp3) is 0.909. The maximum absolute atomic E-state index is 11.7. The third kappa shape index (κ3) is 5.62. The molecular weight excluding hydrogens is 190 g/mol. The maximum atomic E-state index is 11.7. The van der Waals surface area contributed by atoms with Crippen molar-refractivity contribution in [3.8, 4) is 0 Å². The molecule has 0 aromatic heterocycles. The van der Waals surface area contributed by atoms with Gasteiger partial charge in [-0.3, -0.25) is 0 Å². The van der Waals surface area contributed by atoms with Gasteiger partial charge in [-0.1, -0.05) is 20.8 Å². The smallest absolute Gasteiger partial charge is 0.317 e. The zero-order valence-electron chi connectivity index (χ0n) is 10.5. The van der Waals surface area contributed by atoms with Crippen molar-refractivity contribution in [3.05, 3.63) is 0 Å². The van der Waals surface area contributed by atoms with Gasteiger partial charge in [0.2, 0.25) is 0 Å². The molecule has 0 spiro atoms. The van der Waals surface area contributed by atoms with Gasteiger partial charge in [-0.25, -0.2) is 4.79 Å². The van der Waals surface area contributed by atoms with E-state index < -0.39 is 0 Å². The maximum Gasteiger partial charge on any atom is 0.317 e. The van der Waals surface area contributed by atoms with Crippen LogP contribution in [0.25, 0.3) is 0 Å². The Hall–Kier alpha value is -0.770. The topological polar surface area (TPSA) is 58.4 Å². The second-order valence-electron chi connectivity index (χ2n) is 4.63. The van der Waals surface area contributed by atoms with Crippen LogP contribution in [0.1, 0.15) is 34.1 Å². The van der Waals surface area contributed by atoms with Crippen molar-refractivity contribution in [3.63, 3.8) is 0 Å². The summed E-state index contributed by atoms with van der Waals surface area (Å²) in [5.41, 5.74) is 5.65. The summed E-state index contributed by atoms with van der Waals surface area (Å²) < 4.78 is 0. The molecule has 4 nitrogen and oxygen atoms in total. The van der Waals surface area contributed by atoms with Crippen molar-refractivity contribution in [2.45, 2.75) is 34.1 Å². The number of amides is 2. The summed E-state index contributed by atoms with van der Waals surface area (Å²) in [4.78, 5) is 13.5. The standard InChI is InChI=1S/C11H25N3O/c1-5-7-14(10(15)13-6-2)9-11(3,4)8-12/h5-9,12H2,1-4H3,(H,13,15). The Labute approximate surface area is 93.2 Å². The molecular formula is C11H25N3O. The van der Waals surface area contributed by atoms with E-state index in [1.54, 1.807) is 0 Å². The van der Waals surface area contributed by atoms with Crippen LogP contribution in [0, 0.1) is 5.41 Å². The predicted octanol–water partition coefficient (Wildman–Crippen LogP) is 1.41. The van der Waals surface area contributed by atoms with Gasteiger partial charge in [-0.2, -0.15) is 0 Å². The number of hydrogen-bond acceptors (Lipinski definition) is 2. The van der Waals surface area contributed by atoms with E-state index in [0.717, 1.165) is 13.0 Å². The summed E-state index contributed by atoms with van der Waals surface area (Å²) >= 11 is 0. The first-order chi connectivity index (χ1) is 6.96. The van der Waals surface area contributed by atoms with Crippen LogP contribution in [0.3, 0.4) is 0 Å². The molecule has 0 aromatic rings. The van der Waals surface area contributed by atoms with E-state index in [2.05, 4.69) is 26.1 Å². The summed E-state index contributed by atoms with van der Waals surface area (Å²) in [5, 5.41) is 2.82.